The minimum atomic E-state index is -0.181. The molecule has 2 aliphatic rings. The summed E-state index contributed by atoms with van der Waals surface area (Å²) < 4.78 is 5.82. The quantitative estimate of drug-likeness (QED) is 0.873. The Labute approximate surface area is 123 Å². The van der Waals surface area contributed by atoms with Crippen molar-refractivity contribution in [3.8, 4) is 0 Å². The van der Waals surface area contributed by atoms with Crippen LogP contribution >= 0.6 is 0 Å². The van der Waals surface area contributed by atoms with E-state index < -0.39 is 0 Å². The van der Waals surface area contributed by atoms with E-state index in [0.29, 0.717) is 6.54 Å². The average molecular weight is 285 g/mol. The van der Waals surface area contributed by atoms with Crippen LogP contribution in [0.25, 0.3) is 10.9 Å². The van der Waals surface area contributed by atoms with Crippen molar-refractivity contribution in [2.24, 2.45) is 0 Å². The van der Waals surface area contributed by atoms with Gasteiger partial charge >= 0.3 is 0 Å². The number of benzene rings is 1. The predicted octanol–water partition coefficient (Wildman–Crippen LogP) is 1.26. The normalized spacial score (nSPS) is 26.6. The molecule has 5 heteroatoms. The second-order valence-corrected chi connectivity index (χ2v) is 6.07. The van der Waals surface area contributed by atoms with Crippen molar-refractivity contribution < 1.29 is 9.53 Å². The third-order valence-corrected chi connectivity index (χ3v) is 4.59. The average Bonchev–Trinajstić information content (AvgIpc) is 3.11. The van der Waals surface area contributed by atoms with Crippen molar-refractivity contribution in [3.63, 3.8) is 0 Å². The molecule has 1 aromatic carbocycles. The summed E-state index contributed by atoms with van der Waals surface area (Å²) in [5.74, 6) is -0.00355. The molecule has 110 valence electrons. The van der Waals surface area contributed by atoms with E-state index in [1.807, 2.05) is 6.20 Å². The van der Waals surface area contributed by atoms with Crippen LogP contribution in [-0.2, 0) is 16.1 Å². The minimum absolute atomic E-state index is 0.00355. The van der Waals surface area contributed by atoms with Gasteiger partial charge in [-0.2, -0.15) is 0 Å². The van der Waals surface area contributed by atoms with Gasteiger partial charge in [-0.3, -0.25) is 9.69 Å². The molecule has 2 saturated heterocycles. The second kappa shape index (κ2) is 4.86. The molecule has 0 radical (unpaired) electrons. The first-order valence-corrected chi connectivity index (χ1v) is 7.42. The Morgan fingerprint density at radius 2 is 2.29 bits per heavy atom. The molecular weight excluding hydrogens is 266 g/mol. The van der Waals surface area contributed by atoms with E-state index in [1.165, 1.54) is 16.5 Å². The SMILES string of the molecule is O=C1COC2(CCN(Cc3cccc4[nH]ccc34)C2)CN1. The molecule has 2 N–H and O–H groups in total. The number of nitrogens with one attached hydrogen (secondary N) is 2. The molecule has 1 unspecified atom stereocenters. The van der Waals surface area contributed by atoms with Gasteiger partial charge in [0.1, 0.15) is 6.61 Å². The maximum Gasteiger partial charge on any atom is 0.246 e. The number of hydrogen-bond donors (Lipinski definition) is 2. The van der Waals surface area contributed by atoms with Crippen LogP contribution in [0.2, 0.25) is 0 Å². The van der Waals surface area contributed by atoms with Crippen molar-refractivity contribution in [1.29, 1.82) is 0 Å². The van der Waals surface area contributed by atoms with E-state index in [-0.39, 0.29) is 18.1 Å². The Balaban J connectivity index is 1.49. The third-order valence-electron chi connectivity index (χ3n) is 4.59. The summed E-state index contributed by atoms with van der Waals surface area (Å²) >= 11 is 0. The number of H-pyrrole nitrogens is 1. The number of likely N-dealkylation sites (tertiary alicyclic amines) is 1. The molecule has 3 heterocycles. The molecule has 5 nitrogen and oxygen atoms in total. The first-order valence-electron chi connectivity index (χ1n) is 7.42. The highest BCUT2D eigenvalue weighted by atomic mass is 16.5. The Hall–Kier alpha value is -1.85. The molecule has 1 aromatic heterocycles. The fraction of sp³-hybridized carbons (Fsp3) is 0.438. The Bertz CT molecular complexity index is 669. The lowest BCUT2D eigenvalue weighted by Crippen LogP contribution is -2.53. The lowest BCUT2D eigenvalue weighted by atomic mass is 10.0. The number of nitrogens with zero attached hydrogens (tertiary/aromatic N) is 1. The molecule has 21 heavy (non-hydrogen) atoms. The molecule has 2 fully saturated rings. The smallest absolute Gasteiger partial charge is 0.246 e. The van der Waals surface area contributed by atoms with E-state index in [1.54, 1.807) is 0 Å². The van der Waals surface area contributed by atoms with E-state index in [2.05, 4.69) is 39.5 Å². The molecule has 0 aliphatic carbocycles. The van der Waals surface area contributed by atoms with Crippen molar-refractivity contribution in [2.75, 3.05) is 26.2 Å². The number of morpholine rings is 1. The van der Waals surface area contributed by atoms with Crippen LogP contribution in [0.15, 0.2) is 30.5 Å². The predicted molar refractivity (Wildman–Crippen MR) is 79.9 cm³/mol. The van der Waals surface area contributed by atoms with Gasteiger partial charge in [0.2, 0.25) is 5.91 Å². The highest BCUT2D eigenvalue weighted by Gasteiger charge is 2.42. The molecule has 1 atom stereocenters. The van der Waals surface area contributed by atoms with Gasteiger partial charge in [-0.15, -0.1) is 0 Å². The maximum atomic E-state index is 11.2. The molecule has 1 spiro atoms. The van der Waals surface area contributed by atoms with Crippen LogP contribution in [0.3, 0.4) is 0 Å². The van der Waals surface area contributed by atoms with Gasteiger partial charge < -0.3 is 15.0 Å². The Kier molecular flexibility index (Phi) is 2.97. The Morgan fingerprint density at radius 1 is 1.33 bits per heavy atom. The van der Waals surface area contributed by atoms with Crippen molar-refractivity contribution in [2.45, 2.75) is 18.6 Å². The second-order valence-electron chi connectivity index (χ2n) is 6.07. The van der Waals surface area contributed by atoms with Gasteiger partial charge in [-0.25, -0.2) is 0 Å². The lowest BCUT2D eigenvalue weighted by molar-refractivity contribution is -0.142. The number of fused-ring (bicyclic) bond motifs is 1. The number of carbonyl (C=O) groups is 1. The topological polar surface area (TPSA) is 57.4 Å². The molecule has 2 aliphatic heterocycles. The molecule has 2 aromatic rings. The number of carbonyl (C=O) groups excluding carboxylic acids is 1. The monoisotopic (exact) mass is 285 g/mol. The number of aromatic amines is 1. The summed E-state index contributed by atoms with van der Waals surface area (Å²) in [7, 11) is 0. The minimum Gasteiger partial charge on any atom is -0.362 e. The van der Waals surface area contributed by atoms with Gasteiger partial charge in [0.15, 0.2) is 0 Å². The van der Waals surface area contributed by atoms with Crippen LogP contribution in [-0.4, -0.2) is 47.6 Å². The van der Waals surface area contributed by atoms with Gasteiger partial charge in [-0.1, -0.05) is 12.1 Å². The van der Waals surface area contributed by atoms with Gasteiger partial charge in [-0.05, 0) is 24.1 Å². The van der Waals surface area contributed by atoms with E-state index in [9.17, 15) is 4.79 Å². The maximum absolute atomic E-state index is 11.2. The summed E-state index contributed by atoms with van der Waals surface area (Å²) in [6.07, 6.45) is 2.97. The van der Waals surface area contributed by atoms with Gasteiger partial charge in [0, 0.05) is 43.3 Å². The standard InChI is InChI=1S/C16H19N3O2/c20-15-9-21-16(10-18-15)5-7-19(11-16)8-12-2-1-3-14-13(12)4-6-17-14/h1-4,6,17H,5,7-11H2,(H,18,20). The van der Waals surface area contributed by atoms with Crippen LogP contribution in [0.1, 0.15) is 12.0 Å². The fourth-order valence-electron chi connectivity index (χ4n) is 3.43. The lowest BCUT2D eigenvalue weighted by Gasteiger charge is -2.33. The molecule has 0 bridgehead atoms. The zero-order chi connectivity index (χ0) is 14.3. The first kappa shape index (κ1) is 12.9. The Morgan fingerprint density at radius 3 is 3.14 bits per heavy atom. The summed E-state index contributed by atoms with van der Waals surface area (Å²) in [4.78, 5) is 16.9. The van der Waals surface area contributed by atoms with Gasteiger partial charge in [0.05, 0.1) is 5.60 Å². The van der Waals surface area contributed by atoms with Crippen LogP contribution < -0.4 is 5.32 Å². The summed E-state index contributed by atoms with van der Waals surface area (Å²) in [6, 6.07) is 8.51. The zero-order valence-corrected chi connectivity index (χ0v) is 11.9. The molecule has 0 saturated carbocycles. The molecule has 4 rings (SSSR count). The summed E-state index contributed by atoms with van der Waals surface area (Å²) in [5.41, 5.74) is 2.34. The largest absolute Gasteiger partial charge is 0.362 e. The molecule has 1 amide bonds. The van der Waals surface area contributed by atoms with Crippen LogP contribution in [0.4, 0.5) is 0 Å². The molecular formula is C16H19N3O2. The number of rotatable bonds is 2. The summed E-state index contributed by atoms with van der Waals surface area (Å²) in [5, 5.41) is 4.22. The third kappa shape index (κ3) is 2.32. The van der Waals surface area contributed by atoms with Gasteiger partial charge in [0.25, 0.3) is 0 Å². The fourth-order valence-corrected chi connectivity index (χ4v) is 3.43. The number of amides is 1. The number of ether oxygens (including phenoxy) is 1. The number of aromatic nitrogens is 1. The highest BCUT2D eigenvalue weighted by Crippen LogP contribution is 2.29. The van der Waals surface area contributed by atoms with E-state index in [4.69, 9.17) is 4.74 Å². The summed E-state index contributed by atoms with van der Waals surface area (Å²) in [6.45, 7) is 3.65. The van der Waals surface area contributed by atoms with E-state index >= 15 is 0 Å². The zero-order valence-electron chi connectivity index (χ0n) is 11.9. The van der Waals surface area contributed by atoms with Crippen molar-refractivity contribution >= 4 is 16.8 Å². The first-order chi connectivity index (χ1) is 10.2. The van der Waals surface area contributed by atoms with Crippen LogP contribution in [0, 0.1) is 0 Å². The van der Waals surface area contributed by atoms with Crippen LogP contribution in [0.5, 0.6) is 0 Å². The highest BCUT2D eigenvalue weighted by molar-refractivity contribution is 5.82. The van der Waals surface area contributed by atoms with E-state index in [0.717, 1.165) is 26.1 Å². The van der Waals surface area contributed by atoms with Crippen molar-refractivity contribution in [1.82, 2.24) is 15.2 Å². The van der Waals surface area contributed by atoms with Crippen molar-refractivity contribution in [3.05, 3.63) is 36.0 Å². The number of hydrogen-bond acceptors (Lipinski definition) is 3.